The second-order valence-corrected chi connectivity index (χ2v) is 6.85. The number of halogens is 1. The molecule has 0 aliphatic heterocycles. The van der Waals surface area contributed by atoms with E-state index in [4.69, 9.17) is 5.73 Å². The number of anilines is 1. The van der Waals surface area contributed by atoms with Gasteiger partial charge in [0.25, 0.3) is 0 Å². The highest BCUT2D eigenvalue weighted by molar-refractivity contribution is 7.89. The van der Waals surface area contributed by atoms with Crippen molar-refractivity contribution in [1.82, 2.24) is 4.72 Å². The van der Waals surface area contributed by atoms with Crippen molar-refractivity contribution in [2.24, 2.45) is 0 Å². The predicted molar refractivity (Wildman–Crippen MR) is 78.7 cm³/mol. The molecule has 110 valence electrons. The first-order chi connectivity index (χ1) is 9.97. The molecule has 6 heteroatoms. The third kappa shape index (κ3) is 2.91. The number of hydrogen-bond acceptors (Lipinski definition) is 3. The minimum absolute atomic E-state index is 0.151. The van der Waals surface area contributed by atoms with Gasteiger partial charge in [0, 0.05) is 17.6 Å². The molecule has 0 radical (unpaired) electrons. The summed E-state index contributed by atoms with van der Waals surface area (Å²) in [6.07, 6.45) is 0.722. The fourth-order valence-electron chi connectivity index (χ4n) is 2.39. The summed E-state index contributed by atoms with van der Waals surface area (Å²) in [6, 6.07) is 13.1. The third-order valence-corrected chi connectivity index (χ3v) is 5.09. The van der Waals surface area contributed by atoms with Crippen LogP contribution < -0.4 is 10.5 Å². The summed E-state index contributed by atoms with van der Waals surface area (Å²) in [7, 11) is -3.87. The summed E-state index contributed by atoms with van der Waals surface area (Å²) in [4.78, 5) is -0.365. The van der Waals surface area contributed by atoms with Crippen molar-refractivity contribution in [3.05, 3.63) is 59.9 Å². The van der Waals surface area contributed by atoms with Gasteiger partial charge in [-0.3, -0.25) is 0 Å². The topological polar surface area (TPSA) is 72.2 Å². The van der Waals surface area contributed by atoms with Crippen molar-refractivity contribution >= 4 is 15.7 Å². The highest BCUT2D eigenvalue weighted by atomic mass is 32.2. The molecule has 0 heterocycles. The first kappa shape index (κ1) is 14.0. The van der Waals surface area contributed by atoms with Crippen LogP contribution in [0.15, 0.2) is 53.4 Å². The Balaban J connectivity index is 1.76. The Labute approximate surface area is 122 Å². The average molecular weight is 306 g/mol. The molecular formula is C15H15FN2O2S. The summed E-state index contributed by atoms with van der Waals surface area (Å²) < 4.78 is 40.7. The molecule has 0 aromatic heterocycles. The quantitative estimate of drug-likeness (QED) is 0.851. The van der Waals surface area contributed by atoms with E-state index in [1.807, 2.05) is 30.3 Å². The van der Waals surface area contributed by atoms with Gasteiger partial charge in [-0.15, -0.1) is 0 Å². The van der Waals surface area contributed by atoms with Gasteiger partial charge in [0.05, 0.1) is 0 Å². The number of nitrogens with two attached hydrogens (primary N) is 1. The Morgan fingerprint density at radius 2 is 1.86 bits per heavy atom. The van der Waals surface area contributed by atoms with E-state index in [0.29, 0.717) is 0 Å². The van der Waals surface area contributed by atoms with Crippen LogP contribution in [0.4, 0.5) is 10.1 Å². The molecule has 4 nitrogen and oxygen atoms in total. The highest BCUT2D eigenvalue weighted by Gasteiger charge is 2.41. The van der Waals surface area contributed by atoms with Crippen molar-refractivity contribution in [2.75, 3.05) is 5.73 Å². The summed E-state index contributed by atoms with van der Waals surface area (Å²) in [5.74, 6) is -0.683. The second-order valence-electron chi connectivity index (χ2n) is 5.17. The van der Waals surface area contributed by atoms with E-state index in [1.165, 1.54) is 12.1 Å². The molecule has 2 atom stereocenters. The fraction of sp³-hybridized carbons (Fsp3) is 0.200. The van der Waals surface area contributed by atoms with E-state index >= 15 is 0 Å². The minimum Gasteiger partial charge on any atom is -0.399 e. The van der Waals surface area contributed by atoms with E-state index < -0.39 is 15.8 Å². The van der Waals surface area contributed by atoms with Crippen LogP contribution in [0.1, 0.15) is 17.9 Å². The highest BCUT2D eigenvalue weighted by Crippen LogP contribution is 2.41. The van der Waals surface area contributed by atoms with Crippen molar-refractivity contribution in [1.29, 1.82) is 0 Å². The molecule has 0 amide bonds. The summed E-state index contributed by atoms with van der Waals surface area (Å²) in [5, 5.41) is 0. The Morgan fingerprint density at radius 1 is 1.14 bits per heavy atom. The SMILES string of the molecule is Nc1ccc(S(=O)(=O)NC2CC2c2ccccc2)c(F)c1. The molecule has 2 aromatic rings. The van der Waals surface area contributed by atoms with Gasteiger partial charge in [-0.05, 0) is 30.2 Å². The molecule has 2 aromatic carbocycles. The van der Waals surface area contributed by atoms with Gasteiger partial charge >= 0.3 is 0 Å². The second kappa shape index (κ2) is 5.13. The summed E-state index contributed by atoms with van der Waals surface area (Å²) in [5.41, 5.74) is 6.71. The molecule has 3 rings (SSSR count). The lowest BCUT2D eigenvalue weighted by molar-refractivity contribution is 0.556. The first-order valence-corrected chi connectivity index (χ1v) is 8.08. The molecule has 1 aliphatic rings. The maximum Gasteiger partial charge on any atom is 0.243 e. The number of nitrogen functional groups attached to an aromatic ring is 1. The molecule has 0 spiro atoms. The number of nitrogens with one attached hydrogen (secondary N) is 1. The zero-order valence-corrected chi connectivity index (χ0v) is 12.0. The Bertz CT molecular complexity index is 762. The monoisotopic (exact) mass is 306 g/mol. The number of hydrogen-bond donors (Lipinski definition) is 2. The van der Waals surface area contributed by atoms with Gasteiger partial charge in [0.1, 0.15) is 10.7 Å². The Morgan fingerprint density at radius 3 is 2.52 bits per heavy atom. The number of benzene rings is 2. The molecule has 2 unspecified atom stereocenters. The third-order valence-electron chi connectivity index (χ3n) is 3.57. The molecule has 3 N–H and O–H groups in total. The molecule has 21 heavy (non-hydrogen) atoms. The zero-order valence-electron chi connectivity index (χ0n) is 11.2. The van der Waals surface area contributed by atoms with Gasteiger partial charge in [0.15, 0.2) is 0 Å². The Hall–Kier alpha value is -1.92. The maximum atomic E-state index is 13.7. The van der Waals surface area contributed by atoms with Crippen molar-refractivity contribution in [2.45, 2.75) is 23.3 Å². The minimum atomic E-state index is -3.87. The van der Waals surface area contributed by atoms with Crippen LogP contribution in [0.3, 0.4) is 0 Å². The fourth-order valence-corrected chi connectivity index (χ4v) is 3.74. The van der Waals surface area contributed by atoms with E-state index in [-0.39, 0.29) is 22.5 Å². The van der Waals surface area contributed by atoms with Gasteiger partial charge in [-0.1, -0.05) is 30.3 Å². The van der Waals surface area contributed by atoms with Gasteiger partial charge in [-0.2, -0.15) is 0 Å². The van der Waals surface area contributed by atoms with Gasteiger partial charge in [-0.25, -0.2) is 17.5 Å². The van der Waals surface area contributed by atoms with Crippen molar-refractivity contribution in [3.8, 4) is 0 Å². The molecule has 1 aliphatic carbocycles. The lowest BCUT2D eigenvalue weighted by atomic mass is 10.1. The van der Waals surface area contributed by atoms with Crippen LogP contribution in [-0.2, 0) is 10.0 Å². The number of sulfonamides is 1. The van der Waals surface area contributed by atoms with Crippen LogP contribution in [0.2, 0.25) is 0 Å². The standard InChI is InChI=1S/C15H15FN2O2S/c16-13-8-11(17)6-7-15(13)21(19,20)18-14-9-12(14)10-4-2-1-3-5-10/h1-8,12,14,18H,9,17H2. The zero-order chi connectivity index (χ0) is 15.0. The molecule has 0 saturated heterocycles. The average Bonchev–Trinajstić information content (AvgIpc) is 3.17. The van der Waals surface area contributed by atoms with E-state index in [1.54, 1.807) is 0 Å². The maximum absolute atomic E-state index is 13.7. The van der Waals surface area contributed by atoms with Crippen molar-refractivity contribution < 1.29 is 12.8 Å². The molecular weight excluding hydrogens is 291 g/mol. The van der Waals surface area contributed by atoms with Crippen LogP contribution in [0.25, 0.3) is 0 Å². The lowest BCUT2D eigenvalue weighted by Gasteiger charge is -2.08. The molecule has 1 saturated carbocycles. The van der Waals surface area contributed by atoms with Crippen LogP contribution >= 0.6 is 0 Å². The van der Waals surface area contributed by atoms with Gasteiger partial charge in [0.2, 0.25) is 10.0 Å². The smallest absolute Gasteiger partial charge is 0.243 e. The van der Waals surface area contributed by atoms with Crippen LogP contribution in [-0.4, -0.2) is 14.5 Å². The van der Waals surface area contributed by atoms with E-state index in [2.05, 4.69) is 4.72 Å². The molecule has 1 fully saturated rings. The largest absolute Gasteiger partial charge is 0.399 e. The van der Waals surface area contributed by atoms with Gasteiger partial charge < -0.3 is 5.73 Å². The van der Waals surface area contributed by atoms with E-state index in [0.717, 1.165) is 18.1 Å². The normalized spacial score (nSPS) is 21.2. The molecule has 0 bridgehead atoms. The van der Waals surface area contributed by atoms with Crippen LogP contribution in [0.5, 0.6) is 0 Å². The van der Waals surface area contributed by atoms with Crippen molar-refractivity contribution in [3.63, 3.8) is 0 Å². The Kier molecular flexibility index (Phi) is 3.43. The lowest BCUT2D eigenvalue weighted by Crippen LogP contribution is -2.27. The van der Waals surface area contributed by atoms with Crippen LogP contribution in [0, 0.1) is 5.82 Å². The number of rotatable bonds is 4. The summed E-state index contributed by atoms with van der Waals surface area (Å²) in [6.45, 7) is 0. The predicted octanol–water partition coefficient (Wildman–Crippen LogP) is 2.24. The van der Waals surface area contributed by atoms with E-state index in [9.17, 15) is 12.8 Å². The summed E-state index contributed by atoms with van der Waals surface area (Å²) >= 11 is 0. The first-order valence-electron chi connectivity index (χ1n) is 6.60.